The minimum absolute atomic E-state index is 0.0724. The van der Waals surface area contributed by atoms with E-state index in [4.69, 9.17) is 0 Å². The summed E-state index contributed by atoms with van der Waals surface area (Å²) in [7, 11) is 0. The van der Waals surface area contributed by atoms with Crippen molar-refractivity contribution in [2.75, 3.05) is 19.6 Å². The number of nitrogens with zero attached hydrogens (tertiary/aromatic N) is 1. The average molecular weight is 417 g/mol. The van der Waals surface area contributed by atoms with Gasteiger partial charge < -0.3 is 5.32 Å². The van der Waals surface area contributed by atoms with Crippen LogP contribution in [-0.4, -0.2) is 30.4 Å². The molecule has 3 nitrogen and oxygen atoms in total. The zero-order chi connectivity index (χ0) is 20.6. The van der Waals surface area contributed by atoms with E-state index < -0.39 is 0 Å². The van der Waals surface area contributed by atoms with Crippen molar-refractivity contribution in [1.82, 2.24) is 10.2 Å². The van der Waals surface area contributed by atoms with Gasteiger partial charge in [0, 0.05) is 12.5 Å². The summed E-state index contributed by atoms with van der Waals surface area (Å²) in [5.41, 5.74) is 3.52. The van der Waals surface area contributed by atoms with E-state index in [-0.39, 0.29) is 17.9 Å². The van der Waals surface area contributed by atoms with E-state index in [1.54, 1.807) is 11.3 Å². The Labute approximate surface area is 183 Å². The second-order valence-electron chi connectivity index (χ2n) is 7.80. The number of thiophene rings is 1. The summed E-state index contributed by atoms with van der Waals surface area (Å²) in [5, 5.41) is 7.51. The Hall–Kier alpha value is -2.69. The number of hydrogen-bond acceptors (Lipinski definition) is 3. The van der Waals surface area contributed by atoms with Crippen molar-refractivity contribution in [3.05, 3.63) is 100 Å². The second-order valence-corrected chi connectivity index (χ2v) is 8.58. The van der Waals surface area contributed by atoms with E-state index in [0.29, 0.717) is 0 Å². The molecular formula is C26H28N2OS. The maximum atomic E-state index is 13.0. The minimum Gasteiger partial charge on any atom is -0.345 e. The Bertz CT molecular complexity index is 930. The molecule has 1 saturated heterocycles. The Morgan fingerprint density at radius 1 is 1.00 bits per heavy atom. The maximum absolute atomic E-state index is 13.0. The monoisotopic (exact) mass is 416 g/mol. The Morgan fingerprint density at radius 2 is 1.70 bits per heavy atom. The van der Waals surface area contributed by atoms with Crippen LogP contribution >= 0.6 is 11.3 Å². The fraction of sp³-hybridized carbons (Fsp3) is 0.269. The Kier molecular flexibility index (Phi) is 7.11. The molecule has 2 aromatic carbocycles. The molecule has 4 heteroatoms. The first-order valence-corrected chi connectivity index (χ1v) is 11.6. The summed E-state index contributed by atoms with van der Waals surface area (Å²) in [5.74, 6) is 0.263. The number of likely N-dealkylation sites (tertiary alicyclic amines) is 1. The van der Waals surface area contributed by atoms with Gasteiger partial charge in [0.1, 0.15) is 0 Å². The molecule has 1 aliphatic rings. The molecule has 0 spiro atoms. The van der Waals surface area contributed by atoms with Crippen LogP contribution in [0, 0.1) is 5.92 Å². The SMILES string of the molecule is O=C(NC(c1ccccc1)c1ccsc1)C1CCN(C/C=C/c2ccccc2)CC1. The van der Waals surface area contributed by atoms with Crippen molar-refractivity contribution >= 4 is 23.3 Å². The quantitative estimate of drug-likeness (QED) is 0.561. The fourth-order valence-electron chi connectivity index (χ4n) is 3.98. The number of benzene rings is 2. The van der Waals surface area contributed by atoms with Crippen LogP contribution in [0.1, 0.15) is 35.6 Å². The number of hydrogen-bond donors (Lipinski definition) is 1. The number of carbonyl (C=O) groups excluding carboxylic acids is 1. The standard InChI is InChI=1S/C26H28N2OS/c29-26(27-25(24-15-19-30-20-24)22-11-5-2-6-12-22)23-13-17-28(18-14-23)16-7-10-21-8-3-1-4-9-21/h1-12,15,19-20,23,25H,13-14,16-18H2,(H,27,29)/b10-7+. The summed E-state index contributed by atoms with van der Waals surface area (Å²) in [6.45, 7) is 2.86. The maximum Gasteiger partial charge on any atom is 0.223 e. The lowest BCUT2D eigenvalue weighted by molar-refractivity contribution is -0.126. The third-order valence-electron chi connectivity index (χ3n) is 5.73. The summed E-state index contributed by atoms with van der Waals surface area (Å²) >= 11 is 1.67. The van der Waals surface area contributed by atoms with Crippen molar-refractivity contribution in [3.8, 4) is 0 Å². The van der Waals surface area contributed by atoms with Crippen molar-refractivity contribution in [1.29, 1.82) is 0 Å². The predicted molar refractivity (Wildman–Crippen MR) is 125 cm³/mol. The molecule has 0 radical (unpaired) electrons. The molecule has 3 aromatic rings. The van der Waals surface area contributed by atoms with Crippen LogP contribution in [0.2, 0.25) is 0 Å². The lowest BCUT2D eigenvalue weighted by Gasteiger charge is -2.31. The van der Waals surface area contributed by atoms with Crippen molar-refractivity contribution in [2.45, 2.75) is 18.9 Å². The lowest BCUT2D eigenvalue weighted by Crippen LogP contribution is -2.41. The fourth-order valence-corrected chi connectivity index (χ4v) is 4.67. The molecular weight excluding hydrogens is 388 g/mol. The smallest absolute Gasteiger partial charge is 0.223 e. The van der Waals surface area contributed by atoms with Gasteiger partial charge in [0.05, 0.1) is 6.04 Å². The Balaban J connectivity index is 1.31. The molecule has 1 N–H and O–H groups in total. The molecule has 1 fully saturated rings. The lowest BCUT2D eigenvalue weighted by atomic mass is 9.94. The van der Waals surface area contributed by atoms with Crippen molar-refractivity contribution in [3.63, 3.8) is 0 Å². The summed E-state index contributed by atoms with van der Waals surface area (Å²) in [6, 6.07) is 22.7. The number of rotatable bonds is 7. The highest BCUT2D eigenvalue weighted by atomic mass is 32.1. The molecule has 30 heavy (non-hydrogen) atoms. The van der Waals surface area contributed by atoms with E-state index in [2.05, 4.69) is 75.6 Å². The van der Waals surface area contributed by atoms with Crippen LogP contribution in [-0.2, 0) is 4.79 Å². The topological polar surface area (TPSA) is 32.3 Å². The van der Waals surface area contributed by atoms with Gasteiger partial charge in [-0.2, -0.15) is 11.3 Å². The van der Waals surface area contributed by atoms with Gasteiger partial charge in [-0.15, -0.1) is 0 Å². The van der Waals surface area contributed by atoms with Crippen LogP contribution in [0.5, 0.6) is 0 Å². The van der Waals surface area contributed by atoms with Gasteiger partial charge >= 0.3 is 0 Å². The molecule has 2 heterocycles. The van der Waals surface area contributed by atoms with Gasteiger partial charge in [0.15, 0.2) is 0 Å². The van der Waals surface area contributed by atoms with Gasteiger partial charge in [-0.25, -0.2) is 0 Å². The van der Waals surface area contributed by atoms with E-state index >= 15 is 0 Å². The van der Waals surface area contributed by atoms with Crippen LogP contribution < -0.4 is 5.32 Å². The summed E-state index contributed by atoms with van der Waals surface area (Å²) in [6.07, 6.45) is 6.22. The van der Waals surface area contributed by atoms with Gasteiger partial charge in [0.2, 0.25) is 5.91 Å². The van der Waals surface area contributed by atoms with Crippen LogP contribution in [0.3, 0.4) is 0 Å². The number of carbonyl (C=O) groups is 1. The molecule has 4 rings (SSSR count). The highest BCUT2D eigenvalue weighted by Crippen LogP contribution is 2.26. The first-order chi connectivity index (χ1) is 14.8. The second kappa shape index (κ2) is 10.4. The van der Waals surface area contributed by atoms with Crippen LogP contribution in [0.4, 0.5) is 0 Å². The van der Waals surface area contributed by atoms with Crippen molar-refractivity contribution in [2.24, 2.45) is 5.92 Å². The number of amides is 1. The summed E-state index contributed by atoms with van der Waals surface area (Å²) < 4.78 is 0. The highest BCUT2D eigenvalue weighted by molar-refractivity contribution is 7.08. The van der Waals surface area contributed by atoms with Crippen molar-refractivity contribution < 1.29 is 4.79 Å². The molecule has 1 atom stereocenters. The normalized spacial score (nSPS) is 16.5. The first-order valence-electron chi connectivity index (χ1n) is 10.6. The largest absolute Gasteiger partial charge is 0.345 e. The van der Waals surface area contributed by atoms with Gasteiger partial charge in [-0.3, -0.25) is 9.69 Å². The molecule has 1 amide bonds. The van der Waals surface area contributed by atoms with Gasteiger partial charge in [0.25, 0.3) is 0 Å². The molecule has 0 saturated carbocycles. The molecule has 0 aliphatic carbocycles. The highest BCUT2D eigenvalue weighted by Gasteiger charge is 2.27. The van der Waals surface area contributed by atoms with E-state index in [0.717, 1.165) is 43.6 Å². The Morgan fingerprint density at radius 3 is 2.37 bits per heavy atom. The van der Waals surface area contributed by atoms with E-state index in [1.807, 2.05) is 24.3 Å². The zero-order valence-electron chi connectivity index (χ0n) is 17.1. The molecule has 154 valence electrons. The van der Waals surface area contributed by atoms with Gasteiger partial charge in [-0.05, 0) is 59.4 Å². The van der Waals surface area contributed by atoms with Crippen LogP contribution in [0.25, 0.3) is 6.08 Å². The first kappa shape index (κ1) is 20.6. The third kappa shape index (κ3) is 5.47. The summed E-state index contributed by atoms with van der Waals surface area (Å²) in [4.78, 5) is 15.5. The van der Waals surface area contributed by atoms with E-state index in [1.165, 1.54) is 5.56 Å². The average Bonchev–Trinajstić information content (AvgIpc) is 3.34. The number of nitrogens with one attached hydrogen (secondary N) is 1. The number of piperidine rings is 1. The third-order valence-corrected chi connectivity index (χ3v) is 6.43. The molecule has 1 aliphatic heterocycles. The molecule has 0 bridgehead atoms. The predicted octanol–water partition coefficient (Wildman–Crippen LogP) is 5.38. The molecule has 1 aromatic heterocycles. The zero-order valence-corrected chi connectivity index (χ0v) is 17.9. The van der Waals surface area contributed by atoms with Crippen LogP contribution in [0.15, 0.2) is 83.6 Å². The van der Waals surface area contributed by atoms with E-state index in [9.17, 15) is 4.79 Å². The minimum atomic E-state index is -0.0724. The molecule has 1 unspecified atom stereocenters. The van der Waals surface area contributed by atoms with Gasteiger partial charge in [-0.1, -0.05) is 72.8 Å².